The van der Waals surface area contributed by atoms with Gasteiger partial charge in [-0.2, -0.15) is 13.2 Å². The third-order valence-electron chi connectivity index (χ3n) is 4.64. The van der Waals surface area contributed by atoms with Crippen molar-refractivity contribution in [3.63, 3.8) is 0 Å². The van der Waals surface area contributed by atoms with Crippen molar-refractivity contribution in [3.8, 4) is 5.75 Å². The summed E-state index contributed by atoms with van der Waals surface area (Å²) < 4.78 is 46.3. The van der Waals surface area contributed by atoms with Crippen molar-refractivity contribution >= 4 is 17.5 Å². The molecular formula is C22H23F3N2O4. The van der Waals surface area contributed by atoms with E-state index in [9.17, 15) is 22.8 Å². The lowest BCUT2D eigenvalue weighted by molar-refractivity contribution is -0.176. The van der Waals surface area contributed by atoms with Gasteiger partial charge < -0.3 is 19.7 Å². The van der Waals surface area contributed by atoms with E-state index in [1.807, 2.05) is 0 Å². The molecule has 0 aromatic heterocycles. The van der Waals surface area contributed by atoms with E-state index in [0.717, 1.165) is 17.7 Å². The van der Waals surface area contributed by atoms with Crippen LogP contribution in [0.3, 0.4) is 0 Å². The lowest BCUT2D eigenvalue weighted by Crippen LogP contribution is -2.28. The van der Waals surface area contributed by atoms with Crippen molar-refractivity contribution in [2.75, 3.05) is 24.7 Å². The van der Waals surface area contributed by atoms with Gasteiger partial charge in [-0.05, 0) is 41.8 Å². The summed E-state index contributed by atoms with van der Waals surface area (Å²) in [7, 11) is 0. The maximum absolute atomic E-state index is 12.1. The maximum Gasteiger partial charge on any atom is 0.411 e. The van der Waals surface area contributed by atoms with Crippen LogP contribution >= 0.6 is 0 Å². The zero-order valence-electron chi connectivity index (χ0n) is 16.8. The predicted octanol–water partition coefficient (Wildman–Crippen LogP) is 3.59. The number of ether oxygens (including phenoxy) is 2. The normalized spacial score (nSPS) is 14.0. The Bertz CT molecular complexity index is 883. The number of amides is 2. The van der Waals surface area contributed by atoms with Crippen molar-refractivity contribution in [1.29, 1.82) is 0 Å². The Labute approximate surface area is 177 Å². The van der Waals surface area contributed by atoms with Crippen LogP contribution in [0, 0.1) is 0 Å². The Morgan fingerprint density at radius 2 is 1.71 bits per heavy atom. The van der Waals surface area contributed by atoms with Crippen molar-refractivity contribution in [2.24, 2.45) is 0 Å². The molecule has 0 spiro atoms. The van der Waals surface area contributed by atoms with E-state index in [2.05, 4.69) is 10.1 Å². The van der Waals surface area contributed by atoms with Crippen LogP contribution < -0.4 is 15.0 Å². The SMILES string of the molecule is O=C(COc1ccc(N2CCCC2=O)cc1)NCc1ccc(COCC(F)(F)F)cc1. The van der Waals surface area contributed by atoms with Crippen LogP contribution in [0.1, 0.15) is 24.0 Å². The van der Waals surface area contributed by atoms with Crippen LogP contribution in [0.5, 0.6) is 5.75 Å². The molecule has 1 heterocycles. The lowest BCUT2D eigenvalue weighted by atomic mass is 10.1. The van der Waals surface area contributed by atoms with E-state index in [4.69, 9.17) is 4.74 Å². The second-order valence-electron chi connectivity index (χ2n) is 7.13. The van der Waals surface area contributed by atoms with Gasteiger partial charge in [0.1, 0.15) is 12.4 Å². The first-order valence-corrected chi connectivity index (χ1v) is 9.82. The highest BCUT2D eigenvalue weighted by molar-refractivity contribution is 5.95. The highest BCUT2D eigenvalue weighted by atomic mass is 19.4. The highest BCUT2D eigenvalue weighted by Gasteiger charge is 2.27. The second kappa shape index (κ2) is 10.3. The van der Waals surface area contributed by atoms with E-state index < -0.39 is 12.8 Å². The van der Waals surface area contributed by atoms with Gasteiger partial charge in [0.15, 0.2) is 6.61 Å². The number of anilines is 1. The topological polar surface area (TPSA) is 67.9 Å². The van der Waals surface area contributed by atoms with E-state index in [1.54, 1.807) is 53.4 Å². The minimum Gasteiger partial charge on any atom is -0.484 e. The summed E-state index contributed by atoms with van der Waals surface area (Å²) >= 11 is 0. The molecule has 0 aliphatic carbocycles. The van der Waals surface area contributed by atoms with Gasteiger partial charge in [0, 0.05) is 25.2 Å². The average molecular weight is 436 g/mol. The molecule has 1 fully saturated rings. The third kappa shape index (κ3) is 7.29. The van der Waals surface area contributed by atoms with E-state index >= 15 is 0 Å². The zero-order valence-corrected chi connectivity index (χ0v) is 16.8. The van der Waals surface area contributed by atoms with Crippen LogP contribution in [0.15, 0.2) is 48.5 Å². The number of nitrogens with one attached hydrogen (secondary N) is 1. The number of carbonyl (C=O) groups excluding carboxylic acids is 2. The van der Waals surface area contributed by atoms with Crippen molar-refractivity contribution in [2.45, 2.75) is 32.2 Å². The molecule has 9 heteroatoms. The Kier molecular flexibility index (Phi) is 7.51. The summed E-state index contributed by atoms with van der Waals surface area (Å²) in [5.41, 5.74) is 2.22. The Balaban J connectivity index is 1.37. The molecule has 1 N–H and O–H groups in total. The first kappa shape index (κ1) is 22.6. The lowest BCUT2D eigenvalue weighted by Gasteiger charge is -2.16. The Morgan fingerprint density at radius 3 is 2.32 bits per heavy atom. The van der Waals surface area contributed by atoms with Gasteiger partial charge in [0.2, 0.25) is 5.91 Å². The molecule has 0 unspecified atom stereocenters. The molecule has 1 aliphatic rings. The Hall–Kier alpha value is -3.07. The smallest absolute Gasteiger partial charge is 0.411 e. The molecule has 2 aromatic rings. The van der Waals surface area contributed by atoms with Gasteiger partial charge in [-0.1, -0.05) is 24.3 Å². The van der Waals surface area contributed by atoms with Crippen molar-refractivity contribution in [1.82, 2.24) is 5.32 Å². The number of benzene rings is 2. The molecule has 0 atom stereocenters. The van der Waals surface area contributed by atoms with Crippen LogP contribution in [0.25, 0.3) is 0 Å². The average Bonchev–Trinajstić information content (AvgIpc) is 3.17. The fourth-order valence-electron chi connectivity index (χ4n) is 3.08. The largest absolute Gasteiger partial charge is 0.484 e. The number of rotatable bonds is 9. The minimum absolute atomic E-state index is 0.106. The summed E-state index contributed by atoms with van der Waals surface area (Å²) in [6, 6.07) is 13.7. The molecule has 2 aromatic carbocycles. The van der Waals surface area contributed by atoms with E-state index in [0.29, 0.717) is 24.3 Å². The molecule has 0 radical (unpaired) electrons. The first-order valence-electron chi connectivity index (χ1n) is 9.82. The predicted molar refractivity (Wildman–Crippen MR) is 108 cm³/mol. The molecule has 31 heavy (non-hydrogen) atoms. The number of halogens is 3. The number of nitrogens with zero attached hydrogens (tertiary/aromatic N) is 1. The van der Waals surface area contributed by atoms with Gasteiger partial charge in [0.05, 0.1) is 6.61 Å². The van der Waals surface area contributed by atoms with Gasteiger partial charge in [-0.3, -0.25) is 9.59 Å². The summed E-state index contributed by atoms with van der Waals surface area (Å²) in [4.78, 5) is 25.5. The van der Waals surface area contributed by atoms with Crippen LogP contribution in [-0.2, 0) is 27.5 Å². The number of hydrogen-bond donors (Lipinski definition) is 1. The number of carbonyl (C=O) groups is 2. The zero-order chi connectivity index (χ0) is 22.3. The molecule has 6 nitrogen and oxygen atoms in total. The molecule has 3 rings (SSSR count). The number of alkyl halides is 3. The van der Waals surface area contributed by atoms with Crippen LogP contribution in [0.2, 0.25) is 0 Å². The summed E-state index contributed by atoms with van der Waals surface area (Å²) in [5.74, 6) is 0.319. The summed E-state index contributed by atoms with van der Waals surface area (Å²) in [6.45, 7) is -0.606. The van der Waals surface area contributed by atoms with E-state index in [-0.39, 0.29) is 31.6 Å². The summed E-state index contributed by atoms with van der Waals surface area (Å²) in [5, 5.41) is 2.72. The number of hydrogen-bond acceptors (Lipinski definition) is 4. The minimum atomic E-state index is -4.35. The van der Waals surface area contributed by atoms with E-state index in [1.165, 1.54) is 0 Å². The van der Waals surface area contributed by atoms with Crippen LogP contribution in [0.4, 0.5) is 18.9 Å². The quantitative estimate of drug-likeness (QED) is 0.653. The molecule has 0 saturated carbocycles. The highest BCUT2D eigenvalue weighted by Crippen LogP contribution is 2.23. The second-order valence-corrected chi connectivity index (χ2v) is 7.13. The van der Waals surface area contributed by atoms with Crippen molar-refractivity contribution < 1.29 is 32.2 Å². The monoisotopic (exact) mass is 436 g/mol. The molecular weight excluding hydrogens is 413 g/mol. The molecule has 166 valence electrons. The van der Waals surface area contributed by atoms with Gasteiger partial charge in [-0.15, -0.1) is 0 Å². The standard InChI is InChI=1S/C22H23F3N2O4/c23-22(24,25)15-30-13-17-5-3-16(4-6-17)12-26-20(28)14-31-19-9-7-18(8-10-19)27-11-1-2-21(27)29/h3-10H,1-2,11-15H2,(H,26,28). The molecule has 1 saturated heterocycles. The van der Waals surface area contributed by atoms with Crippen LogP contribution in [-0.4, -0.2) is 37.7 Å². The van der Waals surface area contributed by atoms with Gasteiger partial charge in [-0.25, -0.2) is 0 Å². The fraction of sp³-hybridized carbons (Fsp3) is 0.364. The fourth-order valence-corrected chi connectivity index (χ4v) is 3.08. The Morgan fingerprint density at radius 1 is 1.03 bits per heavy atom. The van der Waals surface area contributed by atoms with Crippen molar-refractivity contribution in [3.05, 3.63) is 59.7 Å². The van der Waals surface area contributed by atoms with Gasteiger partial charge >= 0.3 is 6.18 Å². The molecule has 0 bridgehead atoms. The molecule has 2 amide bonds. The first-order chi connectivity index (χ1) is 14.8. The maximum atomic E-state index is 12.1. The summed E-state index contributed by atoms with van der Waals surface area (Å²) in [6.07, 6.45) is -2.93. The molecule has 1 aliphatic heterocycles. The third-order valence-corrected chi connectivity index (χ3v) is 4.64. The van der Waals surface area contributed by atoms with Gasteiger partial charge in [0.25, 0.3) is 5.91 Å².